The molecule has 53 heavy (non-hydrogen) atoms. The first kappa shape index (κ1) is 38.8. The molecule has 1 fully saturated rings. The summed E-state index contributed by atoms with van der Waals surface area (Å²) in [6.45, 7) is 1.30. The van der Waals surface area contributed by atoms with Crippen LogP contribution in [0.2, 0.25) is 5.02 Å². The zero-order chi connectivity index (χ0) is 37.5. The van der Waals surface area contributed by atoms with Gasteiger partial charge in [0.05, 0.1) is 40.1 Å². The molecule has 0 aliphatic heterocycles. The fraction of sp³-hybridized carbons (Fsp3) is 0.400. The Bertz CT molecular complexity index is 1990. The summed E-state index contributed by atoms with van der Waals surface area (Å²) < 4.78 is 17.7. The number of esters is 1. The summed E-state index contributed by atoms with van der Waals surface area (Å²) in [4.78, 5) is 31.2. The number of aromatic nitrogens is 1. The van der Waals surface area contributed by atoms with Crippen LogP contribution in [0.15, 0.2) is 76.2 Å². The number of H-pyrrole nitrogens is 1. The van der Waals surface area contributed by atoms with Gasteiger partial charge in [-0.05, 0) is 111 Å². The predicted molar refractivity (Wildman–Crippen MR) is 209 cm³/mol. The van der Waals surface area contributed by atoms with Gasteiger partial charge in [0, 0.05) is 30.1 Å². The molecule has 282 valence electrons. The highest BCUT2D eigenvalue weighted by molar-refractivity contribution is 7.12. The highest BCUT2D eigenvalue weighted by atomic mass is 35.5. The Morgan fingerprint density at radius 3 is 2.40 bits per heavy atom. The number of fused-ring (bicyclic) bond motifs is 1. The van der Waals surface area contributed by atoms with Gasteiger partial charge in [-0.1, -0.05) is 29.8 Å². The van der Waals surface area contributed by atoms with Gasteiger partial charge in [0.15, 0.2) is 0 Å². The zero-order valence-electron chi connectivity index (χ0n) is 29.8. The van der Waals surface area contributed by atoms with Gasteiger partial charge in [-0.3, -0.25) is 4.79 Å². The van der Waals surface area contributed by atoms with Gasteiger partial charge >= 0.3 is 5.97 Å². The first-order valence-electron chi connectivity index (χ1n) is 17.8. The van der Waals surface area contributed by atoms with Crippen LogP contribution in [0.4, 0.5) is 0 Å². The third-order valence-corrected chi connectivity index (χ3v) is 12.3. The summed E-state index contributed by atoms with van der Waals surface area (Å²) in [5, 5.41) is 37.5. The highest BCUT2D eigenvalue weighted by Gasteiger charge is 2.45. The Balaban J connectivity index is 0.942. The van der Waals surface area contributed by atoms with Crippen molar-refractivity contribution < 1.29 is 34.3 Å². The van der Waals surface area contributed by atoms with Gasteiger partial charge in [0.1, 0.15) is 23.4 Å². The number of aromatic amines is 1. The van der Waals surface area contributed by atoms with Crippen LogP contribution in [0.25, 0.3) is 10.9 Å². The van der Waals surface area contributed by atoms with Crippen LogP contribution < -0.4 is 15.0 Å². The van der Waals surface area contributed by atoms with Crippen molar-refractivity contribution in [1.82, 2.24) is 9.88 Å². The number of hydrogen-bond donors (Lipinski definition) is 4. The Kier molecular flexibility index (Phi) is 12.8. The van der Waals surface area contributed by atoms with Gasteiger partial charge in [-0.25, -0.2) is 4.79 Å². The van der Waals surface area contributed by atoms with Gasteiger partial charge in [0.25, 0.3) is 0 Å². The van der Waals surface area contributed by atoms with E-state index < -0.39 is 17.7 Å². The second-order valence-corrected chi connectivity index (χ2v) is 15.8. The van der Waals surface area contributed by atoms with E-state index in [2.05, 4.69) is 16.9 Å². The number of phenols is 1. The second-order valence-electron chi connectivity index (χ2n) is 13.5. The average molecular weight is 781 g/mol. The minimum Gasteiger partial charge on any atom is -0.506 e. The highest BCUT2D eigenvalue weighted by Crippen LogP contribution is 2.39. The molecule has 0 unspecified atom stereocenters. The lowest BCUT2D eigenvalue weighted by Crippen LogP contribution is -2.42. The molecule has 13 heteroatoms. The molecule has 4 N–H and O–H groups in total. The van der Waals surface area contributed by atoms with E-state index >= 15 is 0 Å². The van der Waals surface area contributed by atoms with E-state index in [4.69, 9.17) is 25.8 Å². The quantitative estimate of drug-likeness (QED) is 0.0590. The van der Waals surface area contributed by atoms with Crippen molar-refractivity contribution in [2.75, 3.05) is 27.3 Å². The monoisotopic (exact) mass is 780 g/mol. The molecule has 1 atom stereocenters. The number of aliphatic hydroxyl groups excluding tert-OH is 1. The number of aliphatic hydroxyl groups is 2. The number of aromatic hydroxyl groups is 1. The Labute approximate surface area is 321 Å². The fourth-order valence-electron chi connectivity index (χ4n) is 7.07. The molecule has 5 aromatic rings. The molecule has 10 nitrogen and oxygen atoms in total. The maximum absolute atomic E-state index is 13.4. The Morgan fingerprint density at radius 2 is 1.74 bits per heavy atom. The molecule has 6 rings (SSSR count). The standard InChI is InChI=1S/C40H45ClN2O8S2/c1-43(26-11-13-27(14-12-26)51-39(47)40(48,35-9-4-21-52-35)36-10-5-22-53-36)19-6-20-50-34-24-33(49-2)25(23-30(34)41)7-3-8-31(44)28-15-17-32(45)38-29(28)16-18-37(46)42-38/h4-5,9-10,15-18,21-24,26-27,31,44-45,48H,3,6-8,11-14,19-20H2,1-2H3,(H,42,46)/t26?,27?,31-/m0/s1. The van der Waals surface area contributed by atoms with Crippen LogP contribution in [0, 0.1) is 0 Å². The fourth-order valence-corrected chi connectivity index (χ4v) is 9.03. The number of thiophene rings is 2. The number of halogens is 1. The average Bonchev–Trinajstić information content (AvgIpc) is 3.91. The molecule has 0 bridgehead atoms. The SMILES string of the molecule is COc1cc(OCCCN(C)C2CCC(OC(=O)C(O)(c3cccs3)c3cccs3)CC2)c(Cl)cc1CCC[C@H](O)c1ccc(O)c2[nH]c(=O)ccc12. The number of carbonyl (C=O) groups excluding carboxylic acids is 1. The Hall–Kier alpha value is -3.91. The number of pyridine rings is 1. The minimum atomic E-state index is -1.79. The molecule has 1 aliphatic rings. The minimum absolute atomic E-state index is 0.0439. The first-order chi connectivity index (χ1) is 25.6. The lowest BCUT2D eigenvalue weighted by Gasteiger charge is -2.35. The number of aryl methyl sites for hydroxylation is 1. The van der Waals surface area contributed by atoms with Crippen LogP contribution in [-0.4, -0.2) is 70.6 Å². The third kappa shape index (κ3) is 8.91. The number of nitrogens with one attached hydrogen (secondary N) is 1. The van der Waals surface area contributed by atoms with E-state index in [9.17, 15) is 24.9 Å². The molecule has 3 aromatic heterocycles. The number of benzene rings is 2. The molecular formula is C40H45ClN2O8S2. The lowest BCUT2D eigenvalue weighted by molar-refractivity contribution is -0.169. The summed E-state index contributed by atoms with van der Waals surface area (Å²) in [7, 11) is 3.71. The van der Waals surface area contributed by atoms with E-state index in [-0.39, 0.29) is 17.4 Å². The number of hydrogen-bond acceptors (Lipinski definition) is 11. The summed E-state index contributed by atoms with van der Waals surface area (Å²) in [6, 6.07) is 17.3. The van der Waals surface area contributed by atoms with Crippen LogP contribution in [0.5, 0.6) is 17.2 Å². The largest absolute Gasteiger partial charge is 0.506 e. The van der Waals surface area contributed by atoms with Crippen LogP contribution in [-0.2, 0) is 21.6 Å². The third-order valence-electron chi connectivity index (χ3n) is 10.0. The van der Waals surface area contributed by atoms with E-state index in [1.54, 1.807) is 31.4 Å². The summed E-state index contributed by atoms with van der Waals surface area (Å²) >= 11 is 9.33. The number of rotatable bonds is 16. The van der Waals surface area contributed by atoms with E-state index in [1.807, 2.05) is 35.0 Å². The van der Waals surface area contributed by atoms with Gasteiger partial charge in [-0.15, -0.1) is 22.7 Å². The van der Waals surface area contributed by atoms with Crippen LogP contribution in [0.1, 0.15) is 71.9 Å². The molecule has 0 spiro atoms. The molecular weight excluding hydrogens is 736 g/mol. The van der Waals surface area contributed by atoms with Crippen molar-refractivity contribution >= 4 is 51.1 Å². The number of phenolic OH excluding ortho intramolecular Hbond substituents is 1. The number of methoxy groups -OCH3 is 1. The van der Waals surface area contributed by atoms with Gasteiger partial charge in [0.2, 0.25) is 11.2 Å². The van der Waals surface area contributed by atoms with Crippen molar-refractivity contribution in [3.8, 4) is 17.2 Å². The van der Waals surface area contributed by atoms with Crippen molar-refractivity contribution in [3.63, 3.8) is 0 Å². The summed E-state index contributed by atoms with van der Waals surface area (Å²) in [6.07, 6.45) is 4.71. The molecule has 0 radical (unpaired) electrons. The van der Waals surface area contributed by atoms with Crippen molar-refractivity contribution in [1.29, 1.82) is 0 Å². The number of nitrogens with zero attached hydrogens (tertiary/aromatic N) is 1. The summed E-state index contributed by atoms with van der Waals surface area (Å²) in [5.74, 6) is 0.549. The normalized spacial score (nSPS) is 16.9. The smallest absolute Gasteiger partial charge is 0.349 e. The zero-order valence-corrected chi connectivity index (χ0v) is 32.1. The van der Waals surface area contributed by atoms with E-state index in [1.165, 1.54) is 34.8 Å². The molecule has 0 amide bonds. The summed E-state index contributed by atoms with van der Waals surface area (Å²) in [5.41, 5.74) is -0.266. The van der Waals surface area contributed by atoms with Gasteiger partial charge in [-0.2, -0.15) is 0 Å². The van der Waals surface area contributed by atoms with Crippen molar-refractivity contribution in [2.45, 2.75) is 75.2 Å². The molecule has 3 heterocycles. The molecule has 0 saturated heterocycles. The number of ether oxygens (including phenoxy) is 3. The Morgan fingerprint density at radius 1 is 1.02 bits per heavy atom. The molecule has 1 saturated carbocycles. The predicted octanol–water partition coefficient (Wildman–Crippen LogP) is 7.57. The van der Waals surface area contributed by atoms with Crippen LogP contribution >= 0.6 is 34.3 Å². The molecule has 2 aromatic carbocycles. The van der Waals surface area contributed by atoms with E-state index in [0.29, 0.717) is 74.7 Å². The number of carbonyl (C=O) groups is 1. The van der Waals surface area contributed by atoms with Crippen molar-refractivity contribution in [3.05, 3.63) is 108 Å². The van der Waals surface area contributed by atoms with Crippen molar-refractivity contribution in [2.24, 2.45) is 0 Å². The van der Waals surface area contributed by atoms with Gasteiger partial charge < -0.3 is 39.4 Å². The topological polar surface area (TPSA) is 142 Å². The lowest BCUT2D eigenvalue weighted by atomic mass is 9.91. The second kappa shape index (κ2) is 17.5. The first-order valence-corrected chi connectivity index (χ1v) is 20.0. The van der Waals surface area contributed by atoms with E-state index in [0.717, 1.165) is 44.2 Å². The maximum atomic E-state index is 13.4. The van der Waals surface area contributed by atoms with Crippen LogP contribution in [0.3, 0.4) is 0 Å². The molecule has 1 aliphatic carbocycles. The maximum Gasteiger partial charge on any atom is 0.349 e.